The second-order valence-corrected chi connectivity index (χ2v) is 10.7. The summed E-state index contributed by atoms with van der Waals surface area (Å²) in [4.78, 5) is 13.7. The Morgan fingerprint density at radius 1 is 1.35 bits per heavy atom. The smallest absolute Gasteiger partial charge is 0.252 e. The number of carbonyl (C=O) groups is 1. The standard InChI is InChI=1S/C17H27N3O3S2.ClH/c1-13-6-7-15(24-13)25(22,23)20-10-4-5-14(11-20)16(21)19-17(12-18)8-2-3-9-17;/h6-7,14H,2-5,8-12,18H2,1H3,(H,19,21);1H. The van der Waals surface area contributed by atoms with Crippen LogP contribution in [0, 0.1) is 12.8 Å². The maximum atomic E-state index is 12.8. The summed E-state index contributed by atoms with van der Waals surface area (Å²) in [6.07, 6.45) is 5.43. The summed E-state index contributed by atoms with van der Waals surface area (Å²) in [5.41, 5.74) is 5.61. The Hall–Kier alpha value is -0.670. The summed E-state index contributed by atoms with van der Waals surface area (Å²) in [6.45, 7) is 3.07. The maximum absolute atomic E-state index is 12.8. The molecule has 1 atom stereocenters. The topological polar surface area (TPSA) is 92.5 Å². The molecule has 1 unspecified atom stereocenters. The molecule has 1 saturated carbocycles. The zero-order valence-electron chi connectivity index (χ0n) is 15.1. The van der Waals surface area contributed by atoms with Crippen LogP contribution < -0.4 is 11.1 Å². The van der Waals surface area contributed by atoms with E-state index in [0.29, 0.717) is 23.7 Å². The number of hydrogen-bond acceptors (Lipinski definition) is 5. The van der Waals surface area contributed by atoms with Crippen molar-refractivity contribution >= 4 is 39.7 Å². The zero-order valence-corrected chi connectivity index (χ0v) is 17.5. The normalized spacial score (nSPS) is 23.4. The average molecular weight is 422 g/mol. The molecule has 1 aliphatic heterocycles. The number of rotatable bonds is 5. The predicted molar refractivity (Wildman–Crippen MR) is 106 cm³/mol. The first kappa shape index (κ1) is 21.6. The van der Waals surface area contributed by atoms with Gasteiger partial charge in [-0.05, 0) is 44.7 Å². The van der Waals surface area contributed by atoms with Crippen LogP contribution in [0.1, 0.15) is 43.4 Å². The summed E-state index contributed by atoms with van der Waals surface area (Å²) < 4.78 is 27.5. The lowest BCUT2D eigenvalue weighted by Crippen LogP contribution is -2.55. The van der Waals surface area contributed by atoms with E-state index in [-0.39, 0.29) is 36.3 Å². The minimum Gasteiger partial charge on any atom is -0.349 e. The van der Waals surface area contributed by atoms with Gasteiger partial charge in [0, 0.05) is 24.5 Å². The van der Waals surface area contributed by atoms with Gasteiger partial charge in [0.15, 0.2) is 0 Å². The van der Waals surface area contributed by atoms with Crippen LogP contribution >= 0.6 is 23.7 Å². The van der Waals surface area contributed by atoms with Crippen LogP contribution in [0.2, 0.25) is 0 Å². The molecule has 2 heterocycles. The number of thiophene rings is 1. The van der Waals surface area contributed by atoms with Crippen molar-refractivity contribution in [3.05, 3.63) is 17.0 Å². The van der Waals surface area contributed by atoms with Gasteiger partial charge in [0.1, 0.15) is 4.21 Å². The van der Waals surface area contributed by atoms with Crippen LogP contribution in [0.25, 0.3) is 0 Å². The molecule has 1 amide bonds. The molecule has 1 saturated heterocycles. The summed E-state index contributed by atoms with van der Waals surface area (Å²) in [6, 6.07) is 3.47. The molecule has 0 spiro atoms. The van der Waals surface area contributed by atoms with Crippen LogP contribution in [0.3, 0.4) is 0 Å². The van der Waals surface area contributed by atoms with Crippen molar-refractivity contribution < 1.29 is 13.2 Å². The number of carbonyl (C=O) groups excluding carboxylic acids is 1. The number of hydrogen-bond donors (Lipinski definition) is 2. The number of aryl methyl sites for hydroxylation is 1. The molecule has 1 aromatic heterocycles. The molecule has 1 aromatic rings. The average Bonchev–Trinajstić information content (AvgIpc) is 3.25. The van der Waals surface area contributed by atoms with Crippen molar-refractivity contribution in [2.45, 2.75) is 55.2 Å². The van der Waals surface area contributed by atoms with E-state index in [0.717, 1.165) is 37.0 Å². The Balaban J connectivity index is 0.00000243. The summed E-state index contributed by atoms with van der Waals surface area (Å²) in [5.74, 6) is -0.344. The van der Waals surface area contributed by atoms with Crippen LogP contribution in [-0.2, 0) is 14.8 Å². The lowest BCUT2D eigenvalue weighted by atomic mass is 9.93. The van der Waals surface area contributed by atoms with E-state index < -0.39 is 10.0 Å². The zero-order chi connectivity index (χ0) is 18.1. The first-order valence-corrected chi connectivity index (χ1v) is 11.2. The van der Waals surface area contributed by atoms with Crippen LogP contribution in [-0.4, -0.2) is 43.8 Å². The molecule has 148 valence electrons. The van der Waals surface area contributed by atoms with Crippen molar-refractivity contribution in [3.63, 3.8) is 0 Å². The Labute approximate surface area is 166 Å². The first-order chi connectivity index (χ1) is 11.9. The van der Waals surface area contributed by atoms with Gasteiger partial charge < -0.3 is 11.1 Å². The lowest BCUT2D eigenvalue weighted by molar-refractivity contribution is -0.128. The van der Waals surface area contributed by atoms with E-state index in [9.17, 15) is 13.2 Å². The van der Waals surface area contributed by atoms with Gasteiger partial charge in [-0.3, -0.25) is 4.79 Å². The number of sulfonamides is 1. The number of halogens is 1. The second kappa shape index (κ2) is 8.56. The summed E-state index contributed by atoms with van der Waals surface area (Å²) >= 11 is 1.28. The Kier molecular flexibility index (Phi) is 7.12. The number of nitrogens with one attached hydrogen (secondary N) is 1. The van der Waals surface area contributed by atoms with E-state index in [1.165, 1.54) is 15.6 Å². The van der Waals surface area contributed by atoms with Gasteiger partial charge >= 0.3 is 0 Å². The van der Waals surface area contributed by atoms with Crippen molar-refractivity contribution in [1.29, 1.82) is 0 Å². The highest BCUT2D eigenvalue weighted by atomic mass is 35.5. The molecule has 3 rings (SSSR count). The first-order valence-electron chi connectivity index (χ1n) is 8.95. The van der Waals surface area contributed by atoms with E-state index in [1.54, 1.807) is 6.07 Å². The molecule has 1 aliphatic carbocycles. The quantitative estimate of drug-likeness (QED) is 0.762. The molecule has 26 heavy (non-hydrogen) atoms. The van der Waals surface area contributed by atoms with Gasteiger partial charge in [0.05, 0.1) is 11.5 Å². The SMILES string of the molecule is Cc1ccc(S(=O)(=O)N2CCCC(C(=O)NC3(CN)CCCC3)C2)s1.Cl. The number of nitrogens with zero attached hydrogens (tertiary/aromatic N) is 1. The third-order valence-corrected chi connectivity index (χ3v) is 8.74. The monoisotopic (exact) mass is 421 g/mol. The van der Waals surface area contributed by atoms with Crippen LogP contribution in [0.15, 0.2) is 16.3 Å². The van der Waals surface area contributed by atoms with Crippen molar-refractivity contribution in [2.75, 3.05) is 19.6 Å². The Morgan fingerprint density at radius 3 is 2.62 bits per heavy atom. The highest BCUT2D eigenvalue weighted by molar-refractivity contribution is 7.91. The largest absolute Gasteiger partial charge is 0.349 e. The third kappa shape index (κ3) is 4.42. The lowest BCUT2D eigenvalue weighted by Gasteiger charge is -2.35. The minimum atomic E-state index is -3.51. The maximum Gasteiger partial charge on any atom is 0.252 e. The van der Waals surface area contributed by atoms with Gasteiger partial charge in [-0.15, -0.1) is 23.7 Å². The molecule has 0 aromatic carbocycles. The molecule has 2 fully saturated rings. The number of amides is 1. The van der Waals surface area contributed by atoms with Gasteiger partial charge in [-0.1, -0.05) is 12.8 Å². The fourth-order valence-corrected chi connectivity index (χ4v) is 6.81. The third-order valence-electron chi connectivity index (χ3n) is 5.40. The second-order valence-electron chi connectivity index (χ2n) is 7.25. The van der Waals surface area contributed by atoms with E-state index in [1.807, 2.05) is 13.0 Å². The molecule has 3 N–H and O–H groups in total. The van der Waals surface area contributed by atoms with Gasteiger partial charge in [-0.2, -0.15) is 4.31 Å². The molecule has 9 heteroatoms. The summed E-state index contributed by atoms with van der Waals surface area (Å²) in [7, 11) is -3.51. The fraction of sp³-hybridized carbons (Fsp3) is 0.706. The van der Waals surface area contributed by atoms with E-state index >= 15 is 0 Å². The number of piperidine rings is 1. The van der Waals surface area contributed by atoms with E-state index in [4.69, 9.17) is 5.73 Å². The predicted octanol–water partition coefficient (Wildman–Crippen LogP) is 2.27. The minimum absolute atomic E-state index is 0. The molecule has 0 bridgehead atoms. The Bertz CT molecular complexity index is 729. The summed E-state index contributed by atoms with van der Waals surface area (Å²) in [5, 5.41) is 3.14. The van der Waals surface area contributed by atoms with Crippen LogP contribution in [0.5, 0.6) is 0 Å². The van der Waals surface area contributed by atoms with Crippen molar-refractivity contribution in [1.82, 2.24) is 9.62 Å². The van der Waals surface area contributed by atoms with Gasteiger partial charge in [0.2, 0.25) is 5.91 Å². The fourth-order valence-electron chi connectivity index (χ4n) is 3.85. The van der Waals surface area contributed by atoms with Gasteiger partial charge in [0.25, 0.3) is 10.0 Å². The highest BCUT2D eigenvalue weighted by Crippen LogP contribution is 2.31. The molecule has 6 nitrogen and oxygen atoms in total. The highest BCUT2D eigenvalue weighted by Gasteiger charge is 2.38. The Morgan fingerprint density at radius 2 is 2.04 bits per heavy atom. The number of nitrogens with two attached hydrogens (primary N) is 1. The van der Waals surface area contributed by atoms with Crippen molar-refractivity contribution in [2.24, 2.45) is 11.7 Å². The van der Waals surface area contributed by atoms with Crippen LogP contribution in [0.4, 0.5) is 0 Å². The molecular weight excluding hydrogens is 394 g/mol. The van der Waals surface area contributed by atoms with Gasteiger partial charge in [-0.25, -0.2) is 8.42 Å². The molecule has 2 aliphatic rings. The van der Waals surface area contributed by atoms with Crippen molar-refractivity contribution in [3.8, 4) is 0 Å². The molecular formula is C17H28ClN3O3S2. The van der Waals surface area contributed by atoms with E-state index in [2.05, 4.69) is 5.32 Å². The molecule has 0 radical (unpaired) electrons.